The van der Waals surface area contributed by atoms with Crippen molar-refractivity contribution in [2.45, 2.75) is 43.9 Å². The van der Waals surface area contributed by atoms with Gasteiger partial charge in [-0.15, -0.1) is 0 Å². The van der Waals surface area contributed by atoms with Crippen LogP contribution in [0.4, 0.5) is 0 Å². The number of likely N-dealkylation sites (tertiary alicyclic amines) is 1. The van der Waals surface area contributed by atoms with Crippen LogP contribution in [0.3, 0.4) is 0 Å². The standard InChI is InChI=1S/C26H31Cl2N3O2/c27-21-12-20(13-22(28)15-21)14-25(32)31-11-10-30(16-19-6-2-1-3-7-19)24-18-33-17-23(26(24)31)29-8-4-5-9-29/h1-3,6-7,12-13,15,23-24,26H,4-5,8-11,14,16-18H2/t23-,24+,26+/m0/s1. The van der Waals surface area contributed by atoms with Gasteiger partial charge in [0.2, 0.25) is 5.91 Å². The van der Waals surface area contributed by atoms with Crippen LogP contribution < -0.4 is 0 Å². The Hall–Kier alpha value is -1.63. The number of piperazine rings is 1. The van der Waals surface area contributed by atoms with Crippen molar-refractivity contribution in [3.63, 3.8) is 0 Å². The molecule has 0 bridgehead atoms. The molecule has 5 nitrogen and oxygen atoms in total. The topological polar surface area (TPSA) is 36.0 Å². The zero-order valence-electron chi connectivity index (χ0n) is 18.8. The lowest BCUT2D eigenvalue weighted by Gasteiger charge is -2.54. The normalized spacial score (nSPS) is 26.4. The van der Waals surface area contributed by atoms with E-state index in [1.165, 1.54) is 18.4 Å². The van der Waals surface area contributed by atoms with E-state index in [1.54, 1.807) is 6.07 Å². The van der Waals surface area contributed by atoms with Crippen LogP contribution in [-0.2, 0) is 22.5 Å². The molecule has 0 aliphatic carbocycles. The summed E-state index contributed by atoms with van der Waals surface area (Å²) in [6, 6.07) is 16.5. The van der Waals surface area contributed by atoms with Crippen molar-refractivity contribution in [3.8, 4) is 0 Å². The van der Waals surface area contributed by atoms with Crippen molar-refractivity contribution < 1.29 is 9.53 Å². The Bertz CT molecular complexity index is 947. The van der Waals surface area contributed by atoms with Crippen molar-refractivity contribution >= 4 is 29.1 Å². The molecule has 0 radical (unpaired) electrons. The van der Waals surface area contributed by atoms with Gasteiger partial charge in [0.15, 0.2) is 0 Å². The molecule has 0 spiro atoms. The third-order valence-electron chi connectivity index (χ3n) is 7.26. The average Bonchev–Trinajstić information content (AvgIpc) is 3.34. The molecule has 0 saturated carbocycles. The van der Waals surface area contributed by atoms with Gasteiger partial charge in [0.1, 0.15) is 0 Å². The number of hydrogen-bond acceptors (Lipinski definition) is 4. The Morgan fingerprint density at radius 2 is 1.58 bits per heavy atom. The van der Waals surface area contributed by atoms with E-state index in [0.717, 1.165) is 38.3 Å². The summed E-state index contributed by atoms with van der Waals surface area (Å²) in [4.78, 5) is 20.8. The van der Waals surface area contributed by atoms with Crippen LogP contribution in [0.5, 0.6) is 0 Å². The molecule has 3 aliphatic rings. The average molecular weight is 488 g/mol. The second-order valence-corrected chi connectivity index (χ2v) is 10.3. The molecule has 0 N–H and O–H groups in total. The SMILES string of the molecule is O=C(Cc1cc(Cl)cc(Cl)c1)N1CCN(Cc2ccccc2)[C@@H]2COC[C@H](N3CCCC3)[C@H]21. The van der Waals surface area contributed by atoms with E-state index in [-0.39, 0.29) is 24.0 Å². The largest absolute Gasteiger partial charge is 0.378 e. The van der Waals surface area contributed by atoms with E-state index in [4.69, 9.17) is 27.9 Å². The molecule has 0 aromatic heterocycles. The second kappa shape index (κ2) is 10.3. The molecule has 3 saturated heterocycles. The quantitative estimate of drug-likeness (QED) is 0.635. The fraction of sp³-hybridized carbons (Fsp3) is 0.500. The maximum Gasteiger partial charge on any atom is 0.227 e. The predicted octanol–water partition coefficient (Wildman–Crippen LogP) is 4.11. The first-order valence-corrected chi connectivity index (χ1v) is 12.7. The highest BCUT2D eigenvalue weighted by atomic mass is 35.5. The number of ether oxygens (including phenoxy) is 1. The van der Waals surface area contributed by atoms with E-state index in [1.807, 2.05) is 12.1 Å². The molecule has 3 atom stereocenters. The van der Waals surface area contributed by atoms with Crippen LogP contribution in [0.1, 0.15) is 24.0 Å². The molecular weight excluding hydrogens is 457 g/mol. The van der Waals surface area contributed by atoms with E-state index < -0.39 is 0 Å². The minimum atomic E-state index is 0.122. The molecule has 1 amide bonds. The van der Waals surface area contributed by atoms with Gasteiger partial charge in [-0.2, -0.15) is 0 Å². The predicted molar refractivity (Wildman–Crippen MR) is 132 cm³/mol. The monoisotopic (exact) mass is 487 g/mol. The lowest BCUT2D eigenvalue weighted by atomic mass is 9.90. The van der Waals surface area contributed by atoms with Crippen molar-refractivity contribution in [1.82, 2.24) is 14.7 Å². The number of halogens is 2. The number of nitrogens with zero attached hydrogens (tertiary/aromatic N) is 3. The Kier molecular flexibility index (Phi) is 7.24. The molecular formula is C26H31Cl2N3O2. The molecule has 2 aromatic rings. The van der Waals surface area contributed by atoms with E-state index in [2.05, 4.69) is 45.0 Å². The van der Waals surface area contributed by atoms with E-state index >= 15 is 0 Å². The maximum absolute atomic E-state index is 13.6. The van der Waals surface area contributed by atoms with Gasteiger partial charge in [0, 0.05) is 29.7 Å². The van der Waals surface area contributed by atoms with Gasteiger partial charge in [-0.05, 0) is 55.3 Å². The van der Waals surface area contributed by atoms with Crippen molar-refractivity contribution in [2.24, 2.45) is 0 Å². The molecule has 0 unspecified atom stereocenters. The maximum atomic E-state index is 13.6. The summed E-state index contributed by atoms with van der Waals surface area (Å²) in [6.45, 7) is 5.97. The summed E-state index contributed by atoms with van der Waals surface area (Å²) in [5, 5.41) is 1.13. The zero-order valence-corrected chi connectivity index (χ0v) is 20.3. The minimum absolute atomic E-state index is 0.122. The van der Waals surface area contributed by atoms with Crippen molar-refractivity contribution in [1.29, 1.82) is 0 Å². The summed E-state index contributed by atoms with van der Waals surface area (Å²) in [7, 11) is 0. The summed E-state index contributed by atoms with van der Waals surface area (Å²) in [6.07, 6.45) is 2.75. The fourth-order valence-electron chi connectivity index (χ4n) is 5.74. The van der Waals surface area contributed by atoms with Crippen LogP contribution in [-0.4, -0.2) is 78.1 Å². The van der Waals surface area contributed by atoms with E-state index in [9.17, 15) is 4.79 Å². The molecule has 2 aromatic carbocycles. The van der Waals surface area contributed by atoms with Crippen LogP contribution in [0, 0.1) is 0 Å². The third kappa shape index (κ3) is 5.23. The first kappa shape index (κ1) is 23.1. The third-order valence-corrected chi connectivity index (χ3v) is 7.70. The fourth-order valence-corrected chi connectivity index (χ4v) is 6.31. The van der Waals surface area contributed by atoms with Crippen molar-refractivity contribution in [3.05, 3.63) is 69.7 Å². The van der Waals surface area contributed by atoms with Crippen LogP contribution >= 0.6 is 23.2 Å². The van der Waals surface area contributed by atoms with Gasteiger partial charge in [0.25, 0.3) is 0 Å². The number of rotatable bonds is 5. The van der Waals surface area contributed by atoms with Gasteiger partial charge < -0.3 is 9.64 Å². The number of amides is 1. The number of carbonyl (C=O) groups is 1. The Morgan fingerprint density at radius 1 is 0.879 bits per heavy atom. The lowest BCUT2D eigenvalue weighted by molar-refractivity contribution is -0.153. The summed E-state index contributed by atoms with van der Waals surface area (Å²) < 4.78 is 6.15. The van der Waals surface area contributed by atoms with Gasteiger partial charge in [-0.25, -0.2) is 0 Å². The number of hydrogen-bond donors (Lipinski definition) is 0. The van der Waals surface area contributed by atoms with E-state index in [0.29, 0.717) is 29.7 Å². The van der Waals surface area contributed by atoms with Gasteiger partial charge >= 0.3 is 0 Å². The lowest BCUT2D eigenvalue weighted by Crippen LogP contribution is -2.71. The van der Waals surface area contributed by atoms with Gasteiger partial charge in [-0.1, -0.05) is 53.5 Å². The molecule has 3 fully saturated rings. The van der Waals surface area contributed by atoms with Gasteiger partial charge in [-0.3, -0.25) is 14.6 Å². The molecule has 7 heteroatoms. The molecule has 5 rings (SSSR count). The Morgan fingerprint density at radius 3 is 2.30 bits per heavy atom. The molecule has 33 heavy (non-hydrogen) atoms. The van der Waals surface area contributed by atoms with Crippen LogP contribution in [0.15, 0.2) is 48.5 Å². The number of carbonyl (C=O) groups excluding carboxylic acids is 1. The summed E-state index contributed by atoms with van der Waals surface area (Å²) in [5.74, 6) is 0.147. The summed E-state index contributed by atoms with van der Waals surface area (Å²) >= 11 is 12.4. The van der Waals surface area contributed by atoms with Crippen molar-refractivity contribution in [2.75, 3.05) is 39.4 Å². The van der Waals surface area contributed by atoms with Crippen LogP contribution in [0.2, 0.25) is 10.0 Å². The first-order chi connectivity index (χ1) is 16.1. The molecule has 3 aliphatic heterocycles. The highest BCUT2D eigenvalue weighted by molar-refractivity contribution is 6.34. The minimum Gasteiger partial charge on any atom is -0.378 e. The van der Waals surface area contributed by atoms with Gasteiger partial charge in [0.05, 0.1) is 37.8 Å². The highest BCUT2D eigenvalue weighted by Gasteiger charge is 2.47. The first-order valence-electron chi connectivity index (χ1n) is 11.9. The number of benzene rings is 2. The Balaban J connectivity index is 1.40. The van der Waals surface area contributed by atoms with Crippen LogP contribution in [0.25, 0.3) is 0 Å². The second-order valence-electron chi connectivity index (χ2n) is 9.40. The number of fused-ring (bicyclic) bond motifs is 1. The summed E-state index contributed by atoms with van der Waals surface area (Å²) in [5.41, 5.74) is 2.17. The smallest absolute Gasteiger partial charge is 0.227 e. The highest BCUT2D eigenvalue weighted by Crippen LogP contribution is 2.31. The molecule has 176 valence electrons. The zero-order chi connectivity index (χ0) is 22.8. The Labute approximate surface area is 206 Å². The molecule has 3 heterocycles.